The smallest absolute Gasteiger partial charge is 0.874 e. The number of nitrogens with zero attached hydrogens (tertiary/aromatic N) is 4. The molecule has 65 heavy (non-hydrogen) atoms. The Balaban J connectivity index is 0.00000793. The molecule has 3 aromatic heterocycles. The first-order valence-electron chi connectivity index (χ1n) is 24.1. The van der Waals surface area contributed by atoms with Crippen LogP contribution in [0.2, 0.25) is 0 Å². The quantitative estimate of drug-likeness (QED) is 0.0650. The van der Waals surface area contributed by atoms with E-state index in [1.807, 2.05) is 44.2 Å². The van der Waals surface area contributed by atoms with E-state index in [0.29, 0.717) is 39.7 Å². The predicted molar refractivity (Wildman–Crippen MR) is 263 cm³/mol. The summed E-state index contributed by atoms with van der Waals surface area (Å²) >= 11 is 0. The van der Waals surface area contributed by atoms with Crippen LogP contribution in [0.1, 0.15) is 164 Å². The number of esters is 2. The summed E-state index contributed by atoms with van der Waals surface area (Å²) in [5.74, 6) is -0.495. The van der Waals surface area contributed by atoms with Gasteiger partial charge in [-0.2, -0.15) is 5.70 Å². The summed E-state index contributed by atoms with van der Waals surface area (Å²) in [6, 6.07) is -0.613. The van der Waals surface area contributed by atoms with Crippen molar-refractivity contribution in [2.24, 2.45) is 35.5 Å². The molecule has 0 radical (unpaired) electrons. The van der Waals surface area contributed by atoms with Gasteiger partial charge in [0, 0.05) is 6.42 Å². The molecule has 2 aliphatic heterocycles. The van der Waals surface area contributed by atoms with Crippen LogP contribution in [-0.2, 0) is 25.5 Å². The Morgan fingerprint density at radius 3 is 2.14 bits per heavy atom. The second-order valence-corrected chi connectivity index (χ2v) is 19.6. The van der Waals surface area contributed by atoms with Crippen molar-refractivity contribution in [2.75, 3.05) is 13.7 Å². The Labute approximate surface area is 404 Å². The molecule has 6 rings (SSSR count). The van der Waals surface area contributed by atoms with Crippen molar-refractivity contribution >= 4 is 70.6 Å². The summed E-state index contributed by atoms with van der Waals surface area (Å²) < 4.78 is 11.1. The van der Waals surface area contributed by atoms with Gasteiger partial charge in [-0.05, 0) is 99.8 Å². The number of aromatic nitrogens is 3. The van der Waals surface area contributed by atoms with E-state index < -0.39 is 17.9 Å². The van der Waals surface area contributed by atoms with Crippen LogP contribution < -0.4 is 41.3 Å². The maximum atomic E-state index is 14.4. The van der Waals surface area contributed by atoms with Crippen LogP contribution >= 0.6 is 0 Å². The molecule has 5 heterocycles. The maximum absolute atomic E-state index is 14.4. The minimum Gasteiger partial charge on any atom is -0.874 e. The van der Waals surface area contributed by atoms with E-state index in [-0.39, 0.29) is 59.6 Å². The molecule has 1 aliphatic carbocycles. The third kappa shape index (κ3) is 11.7. The van der Waals surface area contributed by atoms with Gasteiger partial charge in [0.05, 0.1) is 13.0 Å². The summed E-state index contributed by atoms with van der Waals surface area (Å²) in [7, 11) is 1.31. The molecule has 1 unspecified atom stereocenters. The van der Waals surface area contributed by atoms with Crippen LogP contribution in [0.25, 0.3) is 41.0 Å². The molecule has 1 saturated heterocycles. The Morgan fingerprint density at radius 1 is 0.846 bits per heavy atom. The number of fused-ring (bicyclic) bond motifs is 8. The number of allylic oxidation sites excluding steroid dienone is 2. The number of carbonyl (C=O) groups is 2. The minimum absolute atomic E-state index is 0. The molecule has 1 fully saturated rings. The molecule has 10 heteroatoms. The van der Waals surface area contributed by atoms with Gasteiger partial charge in [0.15, 0.2) is 0 Å². The molecule has 348 valence electrons. The first kappa shape index (κ1) is 51.8. The van der Waals surface area contributed by atoms with E-state index in [0.717, 1.165) is 81.1 Å². The molecule has 0 saturated carbocycles. The fourth-order valence-corrected chi connectivity index (χ4v) is 10.3. The molecule has 3 aliphatic rings. The number of ether oxygens (including phenoxy) is 2. The van der Waals surface area contributed by atoms with Crippen LogP contribution in [0, 0.1) is 56.3 Å². The molecule has 0 N–H and O–H groups in total. The zero-order valence-electron chi connectivity index (χ0n) is 41.4. The molecule has 0 aromatic carbocycles. The third-order valence-electron chi connectivity index (χ3n) is 14.5. The fourth-order valence-electron chi connectivity index (χ4n) is 10.3. The van der Waals surface area contributed by atoms with Crippen molar-refractivity contribution in [3.8, 4) is 0 Å². The van der Waals surface area contributed by atoms with Crippen LogP contribution in [0.15, 0.2) is 23.9 Å². The molecule has 0 amide bonds. The van der Waals surface area contributed by atoms with Gasteiger partial charge >= 0.3 is 35.0 Å². The van der Waals surface area contributed by atoms with Gasteiger partial charge in [-0.3, -0.25) is 9.59 Å². The number of carbonyl (C=O) groups excluding carboxylic acids is 2. The monoisotopic (exact) mass is 894 g/mol. The molecule has 3 aromatic rings. The summed E-state index contributed by atoms with van der Waals surface area (Å²) in [5, 5.41) is 22.2. The summed E-state index contributed by atoms with van der Waals surface area (Å²) in [4.78, 5) is 42.3. The average Bonchev–Trinajstić information content (AvgIpc) is 3.99. The first-order chi connectivity index (χ1) is 30.6. The van der Waals surface area contributed by atoms with Crippen molar-refractivity contribution in [1.29, 1.82) is 0 Å². The number of hydrogen-bond donors (Lipinski definition) is 0. The van der Waals surface area contributed by atoms with Gasteiger partial charge in [0.1, 0.15) is 6.61 Å². The first-order valence-corrected chi connectivity index (χ1v) is 24.1. The summed E-state index contributed by atoms with van der Waals surface area (Å²) in [6.45, 7) is 26.1. The Hall–Kier alpha value is -4.15. The molecular weight excluding hydrogens is 821 g/mol. The van der Waals surface area contributed by atoms with Gasteiger partial charge in [-0.1, -0.05) is 157 Å². The molecule has 6 atom stereocenters. The van der Waals surface area contributed by atoms with Gasteiger partial charge in [0.25, 0.3) is 0 Å². The standard InChI is InChI=1S/C55H74N4O5.Mg/c1-13-39-35(8)42-28-44-37(10)41(24-25-48(60)64-27-26-34(7)23-17-22-33(6)21-16-20-32(5)19-15-18-31(3)4)52(58-44)50-51(55(62)63-12)54(61)49-38(11)45(59-53(49)50)30-47-40(14-2)36(9)43(57-47)29-46(39)56-42;/h13,26,28-33,37,41,51-52,61H,1,14-25,27H2,2-12H3;/q-4;+2/p-1/b34-26+,43-29-,44-28-,47-30-;/t32-,33+,37+,41+,51-,52?;/m1./s1. The average molecular weight is 895 g/mol. The molecule has 9 nitrogen and oxygen atoms in total. The van der Waals surface area contributed by atoms with Crippen molar-refractivity contribution < 1.29 is 24.2 Å². The Bertz CT molecular complexity index is 2510. The second kappa shape index (κ2) is 23.0. The van der Waals surface area contributed by atoms with Crippen molar-refractivity contribution in [1.82, 2.24) is 15.0 Å². The largest absolute Gasteiger partial charge is 2.00 e. The predicted octanol–water partition coefficient (Wildman–Crippen LogP) is 7.46. The van der Waals surface area contributed by atoms with Gasteiger partial charge in [-0.25, -0.2) is 0 Å². The van der Waals surface area contributed by atoms with E-state index in [9.17, 15) is 14.7 Å². The minimum atomic E-state index is -1.18. The summed E-state index contributed by atoms with van der Waals surface area (Å²) in [5.41, 5.74) is 9.48. The van der Waals surface area contributed by atoms with Crippen molar-refractivity contribution in [2.45, 2.75) is 152 Å². The van der Waals surface area contributed by atoms with E-state index >= 15 is 0 Å². The molecule has 0 spiro atoms. The Morgan fingerprint density at radius 2 is 1.49 bits per heavy atom. The molecule has 8 bridgehead atoms. The molecular formula is C55H73MgN4O5-3. The number of hydrogen-bond acceptors (Lipinski definition) is 5. The fraction of sp³-hybridized carbons (Fsp3) is 0.564. The van der Waals surface area contributed by atoms with Crippen molar-refractivity contribution in [3.63, 3.8) is 0 Å². The van der Waals surface area contributed by atoms with Crippen LogP contribution in [0.4, 0.5) is 0 Å². The number of rotatable bonds is 20. The van der Waals surface area contributed by atoms with E-state index in [4.69, 9.17) is 29.7 Å². The maximum Gasteiger partial charge on any atom is 2.00 e. The van der Waals surface area contributed by atoms with E-state index in [1.54, 1.807) is 0 Å². The zero-order chi connectivity index (χ0) is 46.4. The number of methoxy groups -OCH3 is 1. The van der Waals surface area contributed by atoms with Gasteiger partial charge < -0.3 is 34.8 Å². The topological polar surface area (TPSA) is 132 Å². The van der Waals surface area contributed by atoms with Crippen molar-refractivity contribution in [3.05, 3.63) is 95.4 Å². The van der Waals surface area contributed by atoms with E-state index in [2.05, 4.69) is 62.0 Å². The van der Waals surface area contributed by atoms with Gasteiger partial charge in [0.2, 0.25) is 0 Å². The Kier molecular flexibility index (Phi) is 18.4. The van der Waals surface area contributed by atoms with E-state index in [1.165, 1.54) is 57.6 Å². The second-order valence-electron chi connectivity index (χ2n) is 19.6. The summed E-state index contributed by atoms with van der Waals surface area (Å²) in [6.07, 6.45) is 22.5. The normalized spacial score (nSPS) is 21.7. The van der Waals surface area contributed by atoms with Gasteiger partial charge in [-0.15, -0.1) is 38.9 Å². The van der Waals surface area contributed by atoms with Crippen LogP contribution in [-0.4, -0.2) is 54.7 Å². The van der Waals surface area contributed by atoms with Crippen LogP contribution in [0.3, 0.4) is 0 Å². The SMILES string of the molecule is C=Cc1c2[n-]c(c1C)/C=C1\[N-]C(C3=c4[n-]c(c(C)c4=C([O-])[C@@H]3C(=O)OC)/C=c3\[n-]/c(c(C)c3CC)=C\2)[C@@H](CCC(=O)OC/C=C(\C)CCC[C@@H](C)CCC[C@H](C)CCCC(C)C)[C@@H]1C.[Mg+2]. The van der Waals surface area contributed by atoms with Crippen LogP contribution in [0.5, 0.6) is 0 Å². The zero-order valence-corrected chi connectivity index (χ0v) is 42.8. The third-order valence-corrected chi connectivity index (χ3v) is 14.5.